The van der Waals surface area contributed by atoms with Crippen LogP contribution in [-0.2, 0) is 9.47 Å². The van der Waals surface area contributed by atoms with E-state index in [9.17, 15) is 9.59 Å². The fourth-order valence-corrected chi connectivity index (χ4v) is 6.64. The maximum Gasteiger partial charge on any atom is 0.410 e. The SMILES string of the molecule is Cc1c(OC2CC3CCC(C2)N3C(=O)OC(C)(C)C)ncnc1OC1C[C@H]2CC[C@@H](C1)N2C(=O)OC(C)(C)C. The second kappa shape index (κ2) is 10.3. The zero-order valence-corrected chi connectivity index (χ0v) is 24.4. The van der Waals surface area contributed by atoms with Gasteiger partial charge in [0.2, 0.25) is 11.8 Å². The largest absolute Gasteiger partial charge is 0.474 e. The minimum atomic E-state index is -0.510. The van der Waals surface area contributed by atoms with Gasteiger partial charge in [-0.1, -0.05) is 0 Å². The fraction of sp³-hybridized carbons (Fsp3) is 0.793. The van der Waals surface area contributed by atoms with Gasteiger partial charge in [0.05, 0.1) is 5.56 Å². The standard InChI is InChI=1S/C29H44N4O6/c1-17-24(36-22-12-18-8-9-19(13-22)32(18)26(34)38-28(2,3)4)30-16-31-25(17)37-23-14-20-10-11-21(15-23)33(20)27(35)39-29(5,6)7/h16,18-23H,8-15H2,1-7H3/t18-,19+,20?,21?,22?,23?. The Morgan fingerprint density at radius 3 is 1.33 bits per heavy atom. The third-order valence-corrected chi connectivity index (χ3v) is 8.14. The van der Waals surface area contributed by atoms with Gasteiger partial charge in [-0.25, -0.2) is 19.6 Å². The lowest BCUT2D eigenvalue weighted by atomic mass is 10.00. The lowest BCUT2D eigenvalue weighted by Crippen LogP contribution is -2.51. The predicted molar refractivity (Wildman–Crippen MR) is 144 cm³/mol. The second-order valence-corrected chi connectivity index (χ2v) is 13.6. The normalized spacial score (nSPS) is 30.2. The molecule has 10 heteroatoms. The molecule has 0 N–H and O–H groups in total. The van der Waals surface area contributed by atoms with E-state index in [0.717, 1.165) is 56.9 Å². The Kier molecular flexibility index (Phi) is 7.35. The van der Waals surface area contributed by atoms with Crippen LogP contribution in [0.4, 0.5) is 9.59 Å². The van der Waals surface area contributed by atoms with Gasteiger partial charge in [-0.3, -0.25) is 0 Å². The summed E-state index contributed by atoms with van der Waals surface area (Å²) in [6, 6.07) is 0.471. The van der Waals surface area contributed by atoms with E-state index in [1.165, 1.54) is 6.33 Å². The molecule has 10 nitrogen and oxygen atoms in total. The minimum Gasteiger partial charge on any atom is -0.474 e. The molecule has 4 saturated heterocycles. The van der Waals surface area contributed by atoms with Gasteiger partial charge < -0.3 is 28.7 Å². The van der Waals surface area contributed by atoms with Crippen LogP contribution in [0.2, 0.25) is 0 Å². The van der Waals surface area contributed by atoms with Crippen LogP contribution >= 0.6 is 0 Å². The number of hydrogen-bond acceptors (Lipinski definition) is 8. The highest BCUT2D eigenvalue weighted by atomic mass is 16.6. The average Bonchev–Trinajstić information content (AvgIpc) is 3.24. The Labute approximate surface area is 231 Å². The van der Waals surface area contributed by atoms with E-state index in [1.807, 2.05) is 58.3 Å². The molecule has 4 aliphatic rings. The molecule has 4 fully saturated rings. The Balaban J connectivity index is 1.19. The molecule has 0 aromatic carbocycles. The maximum absolute atomic E-state index is 12.8. The summed E-state index contributed by atoms with van der Waals surface area (Å²) in [5.74, 6) is 1.06. The number of carbonyl (C=O) groups is 2. The van der Waals surface area contributed by atoms with Gasteiger partial charge >= 0.3 is 12.2 Å². The first kappa shape index (κ1) is 27.8. The Morgan fingerprint density at radius 2 is 1.03 bits per heavy atom. The van der Waals surface area contributed by atoms with Gasteiger partial charge in [-0.15, -0.1) is 0 Å². The third kappa shape index (κ3) is 6.19. The van der Waals surface area contributed by atoms with Crippen molar-refractivity contribution in [3.05, 3.63) is 11.9 Å². The first-order chi connectivity index (χ1) is 18.3. The van der Waals surface area contributed by atoms with Crippen molar-refractivity contribution in [1.82, 2.24) is 19.8 Å². The van der Waals surface area contributed by atoms with Crippen LogP contribution in [-0.4, -0.2) is 79.5 Å². The summed E-state index contributed by atoms with van der Waals surface area (Å²) in [4.78, 5) is 38.3. The van der Waals surface area contributed by atoms with Gasteiger partial charge in [-0.2, -0.15) is 0 Å². The van der Waals surface area contributed by atoms with Gasteiger partial charge in [0.25, 0.3) is 0 Å². The molecule has 1 aromatic heterocycles. The molecule has 0 aliphatic carbocycles. The summed E-state index contributed by atoms with van der Waals surface area (Å²) >= 11 is 0. The number of hydrogen-bond donors (Lipinski definition) is 0. The number of amides is 2. The Hall–Kier alpha value is -2.78. The molecule has 2 amide bonds. The molecular weight excluding hydrogens is 500 g/mol. The van der Waals surface area contributed by atoms with Crippen molar-refractivity contribution in [2.75, 3.05) is 0 Å². The lowest BCUT2D eigenvalue weighted by molar-refractivity contribution is -0.00782. The molecule has 0 radical (unpaired) electrons. The second-order valence-electron chi connectivity index (χ2n) is 13.6. The Morgan fingerprint density at radius 1 is 0.692 bits per heavy atom. The van der Waals surface area contributed by atoms with E-state index in [4.69, 9.17) is 18.9 Å². The highest BCUT2D eigenvalue weighted by molar-refractivity contribution is 5.70. The fourth-order valence-electron chi connectivity index (χ4n) is 6.64. The topological polar surface area (TPSA) is 103 Å². The van der Waals surface area contributed by atoms with E-state index in [2.05, 4.69) is 9.97 Å². The lowest BCUT2D eigenvalue weighted by Gasteiger charge is -2.39. The molecule has 216 valence electrons. The number of ether oxygens (including phenoxy) is 4. The van der Waals surface area contributed by atoms with Crippen molar-refractivity contribution in [2.24, 2.45) is 0 Å². The molecule has 4 aliphatic heterocycles. The molecule has 39 heavy (non-hydrogen) atoms. The van der Waals surface area contributed by atoms with Gasteiger partial charge in [0.1, 0.15) is 29.7 Å². The molecule has 5 rings (SSSR count). The number of nitrogens with zero attached hydrogens (tertiary/aromatic N) is 4. The number of piperidine rings is 2. The van der Waals surface area contributed by atoms with Crippen LogP contribution in [0.25, 0.3) is 0 Å². The summed E-state index contributed by atoms with van der Waals surface area (Å²) in [5.41, 5.74) is -0.240. The van der Waals surface area contributed by atoms with Crippen LogP contribution in [0, 0.1) is 6.92 Å². The molecule has 3 unspecified atom stereocenters. The third-order valence-electron chi connectivity index (χ3n) is 8.14. The summed E-state index contributed by atoms with van der Waals surface area (Å²) in [5, 5.41) is 0. The van der Waals surface area contributed by atoms with Crippen LogP contribution in [0.3, 0.4) is 0 Å². The summed E-state index contributed by atoms with van der Waals surface area (Å²) in [7, 11) is 0. The maximum atomic E-state index is 12.8. The van der Waals surface area contributed by atoms with Gasteiger partial charge in [0.15, 0.2) is 0 Å². The van der Waals surface area contributed by atoms with E-state index >= 15 is 0 Å². The molecule has 4 bridgehead atoms. The summed E-state index contributed by atoms with van der Waals surface area (Å²) in [6.07, 6.45) is 7.83. The molecular formula is C29H44N4O6. The van der Waals surface area contributed by atoms with Crippen molar-refractivity contribution >= 4 is 12.2 Å². The van der Waals surface area contributed by atoms with E-state index in [1.54, 1.807) is 0 Å². The first-order valence-electron chi connectivity index (χ1n) is 14.4. The quantitative estimate of drug-likeness (QED) is 0.496. The van der Waals surface area contributed by atoms with Gasteiger partial charge in [-0.05, 0) is 74.1 Å². The van der Waals surface area contributed by atoms with Crippen molar-refractivity contribution in [3.63, 3.8) is 0 Å². The molecule has 0 spiro atoms. The minimum absolute atomic E-state index is 0.0319. The zero-order chi connectivity index (χ0) is 28.1. The number of fused-ring (bicyclic) bond motifs is 4. The van der Waals surface area contributed by atoms with Crippen molar-refractivity contribution < 1.29 is 28.5 Å². The Bertz CT molecular complexity index is 974. The smallest absolute Gasteiger partial charge is 0.410 e. The van der Waals surface area contributed by atoms with E-state index < -0.39 is 11.2 Å². The van der Waals surface area contributed by atoms with Crippen LogP contribution in [0.1, 0.15) is 98.5 Å². The molecule has 5 heterocycles. The monoisotopic (exact) mass is 544 g/mol. The predicted octanol–water partition coefficient (Wildman–Crippen LogP) is 5.40. The van der Waals surface area contributed by atoms with Gasteiger partial charge in [0, 0.05) is 49.9 Å². The molecule has 0 saturated carbocycles. The zero-order valence-electron chi connectivity index (χ0n) is 24.4. The van der Waals surface area contributed by atoms with Crippen LogP contribution < -0.4 is 9.47 Å². The highest BCUT2D eigenvalue weighted by Gasteiger charge is 2.47. The first-order valence-corrected chi connectivity index (χ1v) is 14.4. The average molecular weight is 545 g/mol. The molecule has 1 aromatic rings. The van der Waals surface area contributed by atoms with Crippen LogP contribution in [0.5, 0.6) is 11.8 Å². The number of carbonyl (C=O) groups excluding carboxylic acids is 2. The van der Waals surface area contributed by atoms with E-state index in [-0.39, 0.29) is 48.6 Å². The van der Waals surface area contributed by atoms with Crippen molar-refractivity contribution in [3.8, 4) is 11.8 Å². The number of aromatic nitrogens is 2. The highest BCUT2D eigenvalue weighted by Crippen LogP contribution is 2.40. The van der Waals surface area contributed by atoms with Crippen molar-refractivity contribution in [1.29, 1.82) is 0 Å². The van der Waals surface area contributed by atoms with E-state index in [0.29, 0.717) is 11.8 Å². The number of rotatable bonds is 4. The summed E-state index contributed by atoms with van der Waals surface area (Å²) < 4.78 is 24.1. The van der Waals surface area contributed by atoms with Crippen molar-refractivity contribution in [2.45, 2.75) is 147 Å². The van der Waals surface area contributed by atoms with Crippen LogP contribution in [0.15, 0.2) is 6.33 Å². The summed E-state index contributed by atoms with van der Waals surface area (Å²) in [6.45, 7) is 13.3. The molecule has 5 atom stereocenters.